The number of aryl methyl sites for hydroxylation is 1. The zero-order valence-corrected chi connectivity index (χ0v) is 14.9. The monoisotopic (exact) mass is 401 g/mol. The van der Waals surface area contributed by atoms with E-state index in [1.807, 2.05) is 13.0 Å². The van der Waals surface area contributed by atoms with E-state index in [9.17, 15) is 0 Å². The zero-order chi connectivity index (χ0) is 14.7. The average molecular weight is 403 g/mol. The summed E-state index contributed by atoms with van der Waals surface area (Å²) in [5.41, 5.74) is 2.15. The Kier molecular flexibility index (Phi) is 5.21. The van der Waals surface area contributed by atoms with Crippen molar-refractivity contribution in [1.29, 1.82) is 0 Å². The fraction of sp³-hybridized carbons (Fsp3) is 0.429. The molecular weight excluding hydrogens is 386 g/mol. The van der Waals surface area contributed by atoms with Crippen LogP contribution in [-0.4, -0.2) is 16.5 Å². The minimum atomic E-state index is 0.602. The van der Waals surface area contributed by atoms with Gasteiger partial charge in [0.2, 0.25) is 0 Å². The van der Waals surface area contributed by atoms with E-state index < -0.39 is 0 Å². The molecule has 2 heterocycles. The molecule has 4 nitrogen and oxygen atoms in total. The summed E-state index contributed by atoms with van der Waals surface area (Å²) in [4.78, 5) is 9.16. The molecule has 2 aromatic rings. The van der Waals surface area contributed by atoms with Crippen LogP contribution in [0, 0.1) is 6.92 Å². The van der Waals surface area contributed by atoms with Crippen molar-refractivity contribution in [3.05, 3.63) is 26.5 Å². The number of furan rings is 1. The summed E-state index contributed by atoms with van der Waals surface area (Å²) < 4.78 is 7.11. The Morgan fingerprint density at radius 2 is 2.00 bits per heavy atom. The van der Waals surface area contributed by atoms with Crippen LogP contribution >= 0.6 is 31.9 Å². The lowest BCUT2D eigenvalue weighted by Gasteiger charge is -2.12. The van der Waals surface area contributed by atoms with Gasteiger partial charge in [-0.05, 0) is 51.6 Å². The Morgan fingerprint density at radius 1 is 1.25 bits per heavy atom. The van der Waals surface area contributed by atoms with Gasteiger partial charge < -0.3 is 9.73 Å². The van der Waals surface area contributed by atoms with Crippen molar-refractivity contribution in [1.82, 2.24) is 9.97 Å². The maximum atomic E-state index is 5.61. The van der Waals surface area contributed by atoms with Crippen LogP contribution in [0.4, 0.5) is 5.82 Å². The van der Waals surface area contributed by atoms with Gasteiger partial charge in [0.05, 0.1) is 4.47 Å². The largest absolute Gasteiger partial charge is 0.445 e. The normalized spacial score (nSPS) is 10.8. The zero-order valence-electron chi connectivity index (χ0n) is 11.8. The molecule has 6 heteroatoms. The van der Waals surface area contributed by atoms with Crippen LogP contribution in [0.25, 0.3) is 11.6 Å². The highest BCUT2D eigenvalue weighted by molar-refractivity contribution is 9.13. The van der Waals surface area contributed by atoms with Crippen molar-refractivity contribution in [2.75, 3.05) is 11.9 Å². The lowest BCUT2D eigenvalue weighted by Crippen LogP contribution is -2.09. The van der Waals surface area contributed by atoms with Crippen LogP contribution in [0.15, 0.2) is 19.6 Å². The summed E-state index contributed by atoms with van der Waals surface area (Å²) in [6.45, 7) is 7.15. The molecule has 0 aromatic carbocycles. The number of hydrogen-bond donors (Lipinski definition) is 1. The summed E-state index contributed by atoms with van der Waals surface area (Å²) >= 11 is 6.74. The topological polar surface area (TPSA) is 51.0 Å². The van der Waals surface area contributed by atoms with Gasteiger partial charge in [-0.15, -0.1) is 0 Å². The number of nitrogens with one attached hydrogen (secondary N) is 1. The van der Waals surface area contributed by atoms with E-state index in [0.29, 0.717) is 16.3 Å². The molecule has 0 unspecified atom stereocenters. The van der Waals surface area contributed by atoms with Gasteiger partial charge in [-0.1, -0.05) is 13.8 Å². The number of aromatic nitrogens is 2. The predicted octanol–water partition coefficient (Wildman–Crippen LogP) is 4.95. The summed E-state index contributed by atoms with van der Waals surface area (Å²) in [6.07, 6.45) is 1.96. The third kappa shape index (κ3) is 3.23. The average Bonchev–Trinajstić information content (AvgIpc) is 2.76. The maximum Gasteiger partial charge on any atom is 0.197 e. The fourth-order valence-corrected chi connectivity index (χ4v) is 2.55. The molecule has 108 valence electrons. The number of halogens is 2. The number of hydrogen-bond acceptors (Lipinski definition) is 4. The molecular formula is C14H17Br2N3O. The molecule has 0 radical (unpaired) electrons. The van der Waals surface area contributed by atoms with E-state index in [1.165, 1.54) is 0 Å². The molecule has 0 amide bonds. The van der Waals surface area contributed by atoms with E-state index in [-0.39, 0.29) is 0 Å². The predicted molar refractivity (Wildman–Crippen MR) is 88.0 cm³/mol. The maximum absolute atomic E-state index is 5.61. The SMILES string of the molecule is CCCNc1nc(-c2cc(Br)c(Br)o2)nc(C)c1CC. The highest BCUT2D eigenvalue weighted by Crippen LogP contribution is 2.32. The third-order valence-corrected chi connectivity index (χ3v) is 4.69. The van der Waals surface area contributed by atoms with E-state index in [4.69, 9.17) is 4.42 Å². The lowest BCUT2D eigenvalue weighted by atomic mass is 10.1. The molecule has 0 bridgehead atoms. The molecule has 1 N–H and O–H groups in total. The molecule has 0 atom stereocenters. The number of nitrogens with zero attached hydrogens (tertiary/aromatic N) is 2. The van der Waals surface area contributed by atoms with Crippen molar-refractivity contribution >= 4 is 37.7 Å². The van der Waals surface area contributed by atoms with Crippen LogP contribution in [0.5, 0.6) is 0 Å². The molecule has 0 aliphatic rings. The second-order valence-electron chi connectivity index (χ2n) is 4.47. The van der Waals surface area contributed by atoms with E-state index >= 15 is 0 Å². The van der Waals surface area contributed by atoms with E-state index in [0.717, 1.165) is 40.9 Å². The van der Waals surface area contributed by atoms with Crippen molar-refractivity contribution in [3.8, 4) is 11.6 Å². The van der Waals surface area contributed by atoms with Gasteiger partial charge in [-0.25, -0.2) is 9.97 Å². The lowest BCUT2D eigenvalue weighted by molar-refractivity contribution is 0.549. The van der Waals surface area contributed by atoms with Gasteiger partial charge in [-0.2, -0.15) is 0 Å². The van der Waals surface area contributed by atoms with Crippen molar-refractivity contribution in [3.63, 3.8) is 0 Å². The van der Waals surface area contributed by atoms with Crippen molar-refractivity contribution in [2.24, 2.45) is 0 Å². The van der Waals surface area contributed by atoms with Gasteiger partial charge >= 0.3 is 0 Å². The smallest absolute Gasteiger partial charge is 0.197 e. The first-order valence-electron chi connectivity index (χ1n) is 6.63. The van der Waals surface area contributed by atoms with Crippen molar-refractivity contribution in [2.45, 2.75) is 33.6 Å². The molecule has 0 aliphatic heterocycles. The molecule has 20 heavy (non-hydrogen) atoms. The first-order chi connectivity index (χ1) is 9.56. The van der Waals surface area contributed by atoms with Gasteiger partial charge in [0.15, 0.2) is 16.3 Å². The fourth-order valence-electron chi connectivity index (χ4n) is 1.98. The van der Waals surface area contributed by atoms with Crippen LogP contribution in [-0.2, 0) is 6.42 Å². The van der Waals surface area contributed by atoms with Gasteiger partial charge in [0, 0.05) is 23.9 Å². The van der Waals surface area contributed by atoms with Crippen LogP contribution in [0.1, 0.15) is 31.5 Å². The molecule has 2 aromatic heterocycles. The first kappa shape index (κ1) is 15.5. The Labute approximate surface area is 135 Å². The quantitative estimate of drug-likeness (QED) is 0.768. The van der Waals surface area contributed by atoms with E-state index in [2.05, 4.69) is 61.0 Å². The number of anilines is 1. The Morgan fingerprint density at radius 3 is 2.55 bits per heavy atom. The van der Waals surface area contributed by atoms with E-state index in [1.54, 1.807) is 0 Å². The molecule has 0 saturated carbocycles. The summed E-state index contributed by atoms with van der Waals surface area (Å²) in [7, 11) is 0. The summed E-state index contributed by atoms with van der Waals surface area (Å²) in [5.74, 6) is 2.15. The second-order valence-corrected chi connectivity index (χ2v) is 6.05. The van der Waals surface area contributed by atoms with Gasteiger partial charge in [0.25, 0.3) is 0 Å². The van der Waals surface area contributed by atoms with Crippen LogP contribution in [0.3, 0.4) is 0 Å². The Hall–Kier alpha value is -0.880. The minimum absolute atomic E-state index is 0.602. The third-order valence-electron chi connectivity index (χ3n) is 2.98. The molecule has 0 saturated heterocycles. The standard InChI is InChI=1S/C14H17Br2N3O/c1-4-6-17-13-9(5-2)8(3)18-14(19-13)11-7-10(15)12(16)20-11/h7H,4-6H2,1-3H3,(H,17,18,19). The van der Waals surface area contributed by atoms with Crippen LogP contribution < -0.4 is 5.32 Å². The molecule has 0 fully saturated rings. The molecule has 0 spiro atoms. The molecule has 0 aliphatic carbocycles. The van der Waals surface area contributed by atoms with Gasteiger partial charge in [-0.3, -0.25) is 0 Å². The van der Waals surface area contributed by atoms with Gasteiger partial charge in [0.1, 0.15) is 5.82 Å². The Bertz CT molecular complexity index is 591. The first-order valence-corrected chi connectivity index (χ1v) is 8.22. The van der Waals surface area contributed by atoms with Crippen LogP contribution in [0.2, 0.25) is 0 Å². The van der Waals surface area contributed by atoms with Crippen molar-refractivity contribution < 1.29 is 4.42 Å². The second kappa shape index (κ2) is 6.72. The number of rotatable bonds is 5. The highest BCUT2D eigenvalue weighted by atomic mass is 79.9. The summed E-state index contributed by atoms with van der Waals surface area (Å²) in [5, 5.41) is 3.37. The molecule has 2 rings (SSSR count). The Balaban J connectivity index is 2.46. The minimum Gasteiger partial charge on any atom is -0.445 e. The summed E-state index contributed by atoms with van der Waals surface area (Å²) in [6, 6.07) is 1.87. The highest BCUT2D eigenvalue weighted by Gasteiger charge is 2.15.